The number of nitrogens with zero attached hydrogens (tertiary/aromatic N) is 2. The molecule has 108 valence electrons. The second kappa shape index (κ2) is 8.30. The number of methoxy groups -OCH3 is 1. The highest BCUT2D eigenvalue weighted by Gasteiger charge is 2.17. The molecule has 0 aromatic carbocycles. The Balaban J connectivity index is 1.58. The van der Waals surface area contributed by atoms with Gasteiger partial charge in [-0.25, -0.2) is 0 Å². The van der Waals surface area contributed by atoms with Gasteiger partial charge in [-0.15, -0.1) is 0 Å². The maximum Gasteiger partial charge on any atom is 0.0762 e. The first-order valence-corrected chi connectivity index (χ1v) is 7.21. The summed E-state index contributed by atoms with van der Waals surface area (Å²) in [6, 6.07) is 2.74. The quantitative estimate of drug-likeness (QED) is 0.693. The molecule has 1 aromatic heterocycles. The zero-order chi connectivity index (χ0) is 13.3. The molecule has 1 fully saturated rings. The van der Waals surface area contributed by atoms with Gasteiger partial charge in [-0.3, -0.25) is 4.68 Å². The maximum atomic E-state index is 5.39. The third kappa shape index (κ3) is 4.93. The van der Waals surface area contributed by atoms with Crippen molar-refractivity contribution in [1.82, 2.24) is 15.1 Å². The molecule has 1 saturated carbocycles. The minimum absolute atomic E-state index is 0.631. The molecule has 0 atom stereocenters. The Morgan fingerprint density at radius 1 is 1.32 bits per heavy atom. The molecule has 0 unspecified atom stereocenters. The summed E-state index contributed by atoms with van der Waals surface area (Å²) in [6.45, 7) is 3.69. The maximum absolute atomic E-state index is 5.39. The Labute approximate surface area is 115 Å². The van der Waals surface area contributed by atoms with E-state index < -0.39 is 0 Å². The topological polar surface area (TPSA) is 48.3 Å². The van der Waals surface area contributed by atoms with Gasteiger partial charge in [-0.2, -0.15) is 5.10 Å². The SMILES string of the molecule is COCCOCCNCc1ccn(C2CCCC2)n1. The van der Waals surface area contributed by atoms with Crippen molar-refractivity contribution >= 4 is 0 Å². The molecule has 0 bridgehead atoms. The van der Waals surface area contributed by atoms with Crippen LogP contribution < -0.4 is 5.32 Å². The average molecular weight is 267 g/mol. The van der Waals surface area contributed by atoms with E-state index in [0.717, 1.165) is 18.8 Å². The summed E-state index contributed by atoms with van der Waals surface area (Å²) in [5, 5.41) is 7.97. The van der Waals surface area contributed by atoms with Gasteiger partial charge >= 0.3 is 0 Å². The van der Waals surface area contributed by atoms with Crippen molar-refractivity contribution in [3.63, 3.8) is 0 Å². The lowest BCUT2D eigenvalue weighted by Gasteiger charge is -2.09. The molecule has 1 aliphatic rings. The lowest BCUT2D eigenvalue weighted by atomic mass is 10.3. The molecule has 1 aliphatic carbocycles. The number of rotatable bonds is 9. The van der Waals surface area contributed by atoms with E-state index >= 15 is 0 Å². The number of hydrogen-bond acceptors (Lipinski definition) is 4. The highest BCUT2D eigenvalue weighted by Crippen LogP contribution is 2.28. The van der Waals surface area contributed by atoms with Crippen LogP contribution in [0.1, 0.15) is 37.4 Å². The number of hydrogen-bond donors (Lipinski definition) is 1. The predicted octanol–water partition coefficient (Wildman–Crippen LogP) is 1.75. The van der Waals surface area contributed by atoms with Gasteiger partial charge in [0.05, 0.1) is 31.6 Å². The van der Waals surface area contributed by atoms with Gasteiger partial charge in [0.1, 0.15) is 0 Å². The largest absolute Gasteiger partial charge is 0.382 e. The van der Waals surface area contributed by atoms with Crippen molar-refractivity contribution in [2.75, 3.05) is 33.5 Å². The third-order valence-corrected chi connectivity index (χ3v) is 3.52. The molecular weight excluding hydrogens is 242 g/mol. The van der Waals surface area contributed by atoms with Gasteiger partial charge in [-0.05, 0) is 18.9 Å². The first-order valence-electron chi connectivity index (χ1n) is 7.21. The Bertz CT molecular complexity index is 348. The van der Waals surface area contributed by atoms with Gasteiger partial charge < -0.3 is 14.8 Å². The minimum Gasteiger partial charge on any atom is -0.382 e. The zero-order valence-corrected chi connectivity index (χ0v) is 11.8. The summed E-state index contributed by atoms with van der Waals surface area (Å²) in [6.07, 6.45) is 7.36. The van der Waals surface area contributed by atoms with E-state index in [1.54, 1.807) is 7.11 Å². The molecule has 1 N–H and O–H groups in total. The fourth-order valence-corrected chi connectivity index (χ4v) is 2.45. The van der Waals surface area contributed by atoms with Crippen LogP contribution in [0.25, 0.3) is 0 Å². The monoisotopic (exact) mass is 267 g/mol. The summed E-state index contributed by atoms with van der Waals surface area (Å²) in [5.41, 5.74) is 1.11. The zero-order valence-electron chi connectivity index (χ0n) is 11.8. The molecule has 5 nitrogen and oxygen atoms in total. The van der Waals surface area contributed by atoms with Gasteiger partial charge in [0.2, 0.25) is 0 Å². The molecule has 0 saturated heterocycles. The standard InChI is InChI=1S/C14H25N3O2/c1-18-10-11-19-9-7-15-12-13-6-8-17(16-13)14-4-2-3-5-14/h6,8,14-15H,2-5,7,9-12H2,1H3. The van der Waals surface area contributed by atoms with E-state index in [0.29, 0.717) is 25.9 Å². The molecular formula is C14H25N3O2. The summed E-state index contributed by atoms with van der Waals surface area (Å²) >= 11 is 0. The van der Waals surface area contributed by atoms with Crippen LogP contribution in [-0.4, -0.2) is 43.3 Å². The van der Waals surface area contributed by atoms with Gasteiger partial charge in [0.15, 0.2) is 0 Å². The van der Waals surface area contributed by atoms with E-state index in [4.69, 9.17) is 9.47 Å². The Hall–Kier alpha value is -0.910. The normalized spacial score (nSPS) is 16.3. The predicted molar refractivity (Wildman–Crippen MR) is 74.1 cm³/mol. The van der Waals surface area contributed by atoms with Crippen LogP contribution in [-0.2, 0) is 16.0 Å². The van der Waals surface area contributed by atoms with Crippen LogP contribution in [0.3, 0.4) is 0 Å². The summed E-state index contributed by atoms with van der Waals surface area (Å²) in [4.78, 5) is 0. The van der Waals surface area contributed by atoms with Crippen LogP contribution >= 0.6 is 0 Å². The van der Waals surface area contributed by atoms with E-state index in [1.807, 2.05) is 0 Å². The van der Waals surface area contributed by atoms with Crippen molar-refractivity contribution < 1.29 is 9.47 Å². The van der Waals surface area contributed by atoms with Crippen molar-refractivity contribution in [3.8, 4) is 0 Å². The lowest BCUT2D eigenvalue weighted by molar-refractivity contribution is 0.0719. The molecule has 0 aliphatic heterocycles. The van der Waals surface area contributed by atoms with Crippen molar-refractivity contribution in [2.24, 2.45) is 0 Å². The second-order valence-electron chi connectivity index (χ2n) is 5.01. The second-order valence-corrected chi connectivity index (χ2v) is 5.01. The van der Waals surface area contributed by atoms with Crippen LogP contribution in [0.4, 0.5) is 0 Å². The van der Waals surface area contributed by atoms with Gasteiger partial charge in [0, 0.05) is 26.4 Å². The van der Waals surface area contributed by atoms with Crippen molar-refractivity contribution in [1.29, 1.82) is 0 Å². The molecule has 2 rings (SSSR count). The molecule has 1 heterocycles. The highest BCUT2D eigenvalue weighted by molar-refractivity contribution is 4.99. The fourth-order valence-electron chi connectivity index (χ4n) is 2.45. The van der Waals surface area contributed by atoms with Gasteiger partial charge in [-0.1, -0.05) is 12.8 Å². The Morgan fingerprint density at radius 2 is 2.16 bits per heavy atom. The van der Waals surface area contributed by atoms with Crippen LogP contribution in [0.15, 0.2) is 12.3 Å². The van der Waals surface area contributed by atoms with Crippen LogP contribution in [0.5, 0.6) is 0 Å². The molecule has 0 radical (unpaired) electrons. The third-order valence-electron chi connectivity index (χ3n) is 3.52. The number of aromatic nitrogens is 2. The fraction of sp³-hybridized carbons (Fsp3) is 0.786. The molecule has 5 heteroatoms. The van der Waals surface area contributed by atoms with Gasteiger partial charge in [0.25, 0.3) is 0 Å². The summed E-state index contributed by atoms with van der Waals surface area (Å²) in [5.74, 6) is 0. The molecule has 0 spiro atoms. The highest BCUT2D eigenvalue weighted by atomic mass is 16.5. The first-order chi connectivity index (χ1) is 9.40. The Morgan fingerprint density at radius 3 is 2.95 bits per heavy atom. The summed E-state index contributed by atoms with van der Waals surface area (Å²) in [7, 11) is 1.68. The molecule has 1 aromatic rings. The smallest absolute Gasteiger partial charge is 0.0762 e. The molecule has 0 amide bonds. The number of ether oxygens (including phenoxy) is 2. The van der Waals surface area contributed by atoms with E-state index in [2.05, 4.69) is 27.4 Å². The summed E-state index contributed by atoms with van der Waals surface area (Å²) < 4.78 is 12.4. The lowest BCUT2D eigenvalue weighted by Crippen LogP contribution is -2.20. The van der Waals surface area contributed by atoms with E-state index in [9.17, 15) is 0 Å². The minimum atomic E-state index is 0.631. The van der Waals surface area contributed by atoms with Crippen molar-refractivity contribution in [3.05, 3.63) is 18.0 Å². The first kappa shape index (κ1) is 14.5. The van der Waals surface area contributed by atoms with Crippen LogP contribution in [0, 0.1) is 0 Å². The Kier molecular flexibility index (Phi) is 6.33. The van der Waals surface area contributed by atoms with E-state index in [1.165, 1.54) is 25.7 Å². The molecule has 19 heavy (non-hydrogen) atoms. The number of nitrogens with one attached hydrogen (secondary N) is 1. The van der Waals surface area contributed by atoms with Crippen LogP contribution in [0.2, 0.25) is 0 Å². The average Bonchev–Trinajstić information content (AvgIpc) is 3.08. The van der Waals surface area contributed by atoms with Crippen molar-refractivity contribution in [2.45, 2.75) is 38.3 Å². The van der Waals surface area contributed by atoms with E-state index in [-0.39, 0.29) is 0 Å².